The summed E-state index contributed by atoms with van der Waals surface area (Å²) in [7, 11) is -2.15. The van der Waals surface area contributed by atoms with Crippen LogP contribution in [-0.2, 0) is 27.4 Å². The van der Waals surface area contributed by atoms with Crippen molar-refractivity contribution in [2.45, 2.75) is 16.9 Å². The fourth-order valence-corrected chi connectivity index (χ4v) is 4.70. The molecule has 0 bridgehead atoms. The van der Waals surface area contributed by atoms with E-state index in [0.717, 1.165) is 5.39 Å². The average molecular weight is 440 g/mol. The molecule has 10 nitrogen and oxygen atoms in total. The first-order valence-electron chi connectivity index (χ1n) is 9.61. The summed E-state index contributed by atoms with van der Waals surface area (Å²) in [5.41, 5.74) is 0.674. The Labute approximate surface area is 178 Å². The maximum Gasteiger partial charge on any atom is 0.265 e. The average Bonchev–Trinajstić information content (AvgIpc) is 3.49. The summed E-state index contributed by atoms with van der Waals surface area (Å²) in [6.45, 7) is 0.687. The minimum Gasteiger partial charge on any atom is -0.383 e. The van der Waals surface area contributed by atoms with Crippen molar-refractivity contribution in [3.05, 3.63) is 60.7 Å². The van der Waals surface area contributed by atoms with Gasteiger partial charge in [0.25, 0.3) is 10.0 Å². The largest absolute Gasteiger partial charge is 0.383 e. The Morgan fingerprint density at radius 2 is 2.10 bits per heavy atom. The van der Waals surface area contributed by atoms with Crippen LogP contribution in [0.25, 0.3) is 16.7 Å². The Bertz CT molecular complexity index is 1370. The van der Waals surface area contributed by atoms with E-state index in [4.69, 9.17) is 4.74 Å². The van der Waals surface area contributed by atoms with Gasteiger partial charge in [0.1, 0.15) is 10.5 Å². The van der Waals surface area contributed by atoms with Gasteiger partial charge >= 0.3 is 0 Å². The van der Waals surface area contributed by atoms with Crippen molar-refractivity contribution < 1.29 is 18.3 Å². The fourth-order valence-electron chi connectivity index (χ4n) is 3.70. The number of rotatable bonds is 5. The molecule has 31 heavy (non-hydrogen) atoms. The Kier molecular flexibility index (Phi) is 4.54. The fraction of sp³-hybridized carbons (Fsp3) is 0.250. The first-order valence-corrected chi connectivity index (χ1v) is 11.1. The molecule has 2 N–H and O–H groups in total. The van der Waals surface area contributed by atoms with Crippen LogP contribution in [0.5, 0.6) is 0 Å². The molecule has 1 atom stereocenters. The topological polar surface area (TPSA) is 124 Å². The number of nitrogens with zero attached hydrogens (tertiary/aromatic N) is 5. The van der Waals surface area contributed by atoms with E-state index in [2.05, 4.69) is 19.9 Å². The summed E-state index contributed by atoms with van der Waals surface area (Å²) in [6.07, 6.45) is 6.35. The lowest BCUT2D eigenvalue weighted by Crippen LogP contribution is -2.25. The molecule has 11 heteroatoms. The molecular formula is C20H20N6O4S. The standard InChI is InChI=1S/C20H20N6O4S/c1-25-19-14(10-22-25)3-2-4-17(19)24-31(28,29)16-11-23-26(12-16)18-9-15(5-7-21-18)20(27)6-8-30-13-20/h2-5,7,9-12,24,27H,6,8,13H2,1H3. The first kappa shape index (κ1) is 19.7. The van der Waals surface area contributed by atoms with E-state index in [0.29, 0.717) is 35.6 Å². The van der Waals surface area contributed by atoms with Crippen molar-refractivity contribution >= 4 is 26.6 Å². The molecule has 0 radical (unpaired) electrons. The van der Waals surface area contributed by atoms with Crippen molar-refractivity contribution in [3.63, 3.8) is 0 Å². The van der Waals surface area contributed by atoms with Gasteiger partial charge in [-0.3, -0.25) is 9.40 Å². The molecule has 1 unspecified atom stereocenters. The van der Waals surface area contributed by atoms with Crippen molar-refractivity contribution in [2.24, 2.45) is 7.05 Å². The van der Waals surface area contributed by atoms with Crippen LogP contribution >= 0.6 is 0 Å². The van der Waals surface area contributed by atoms with Gasteiger partial charge in [-0.25, -0.2) is 18.1 Å². The lowest BCUT2D eigenvalue weighted by atomic mass is 9.94. The molecule has 1 saturated heterocycles. The highest BCUT2D eigenvalue weighted by molar-refractivity contribution is 7.92. The maximum atomic E-state index is 13.0. The van der Waals surface area contributed by atoms with Crippen molar-refractivity contribution in [3.8, 4) is 5.82 Å². The lowest BCUT2D eigenvalue weighted by Gasteiger charge is -2.21. The lowest BCUT2D eigenvalue weighted by molar-refractivity contribution is 0.0231. The third kappa shape index (κ3) is 3.46. The Morgan fingerprint density at radius 3 is 2.90 bits per heavy atom. The first-order chi connectivity index (χ1) is 14.9. The van der Waals surface area contributed by atoms with Crippen LogP contribution in [0.15, 0.2) is 60.0 Å². The summed E-state index contributed by atoms with van der Waals surface area (Å²) < 4.78 is 36.9. The Morgan fingerprint density at radius 1 is 1.23 bits per heavy atom. The van der Waals surface area contributed by atoms with Crippen molar-refractivity contribution in [1.82, 2.24) is 24.5 Å². The van der Waals surface area contributed by atoms with Crippen LogP contribution in [0, 0.1) is 0 Å². The predicted molar refractivity (Wildman–Crippen MR) is 112 cm³/mol. The number of aryl methyl sites for hydroxylation is 1. The summed E-state index contributed by atoms with van der Waals surface area (Å²) >= 11 is 0. The number of hydrogen-bond acceptors (Lipinski definition) is 7. The van der Waals surface area contributed by atoms with E-state index in [9.17, 15) is 13.5 Å². The van der Waals surface area contributed by atoms with Gasteiger partial charge in [-0.1, -0.05) is 12.1 Å². The molecule has 160 valence electrons. The van der Waals surface area contributed by atoms with Crippen LogP contribution in [0.3, 0.4) is 0 Å². The molecule has 3 aromatic heterocycles. The highest BCUT2D eigenvalue weighted by Crippen LogP contribution is 2.31. The summed E-state index contributed by atoms with van der Waals surface area (Å²) in [6, 6.07) is 8.71. The molecule has 4 heterocycles. The van der Waals surface area contributed by atoms with Gasteiger partial charge < -0.3 is 9.84 Å². The van der Waals surface area contributed by atoms with Gasteiger partial charge in [0, 0.05) is 31.7 Å². The minimum absolute atomic E-state index is 0.0122. The molecule has 0 spiro atoms. The molecule has 1 fully saturated rings. The number of fused-ring (bicyclic) bond motifs is 1. The number of benzene rings is 1. The minimum atomic E-state index is -3.90. The van der Waals surface area contributed by atoms with Gasteiger partial charge in [-0.05, 0) is 23.8 Å². The zero-order valence-corrected chi connectivity index (χ0v) is 17.5. The van der Waals surface area contributed by atoms with E-state index in [1.54, 1.807) is 48.4 Å². The van der Waals surface area contributed by atoms with E-state index in [-0.39, 0.29) is 11.5 Å². The molecule has 4 aromatic rings. The number of nitrogens with one attached hydrogen (secondary N) is 1. The van der Waals surface area contributed by atoms with Crippen LogP contribution in [-0.4, -0.2) is 51.3 Å². The molecule has 5 rings (SSSR count). The third-order valence-corrected chi connectivity index (χ3v) is 6.71. The van der Waals surface area contributed by atoms with Crippen molar-refractivity contribution in [2.75, 3.05) is 17.9 Å². The smallest absolute Gasteiger partial charge is 0.265 e. The maximum absolute atomic E-state index is 13.0. The zero-order valence-electron chi connectivity index (χ0n) is 16.6. The van der Waals surface area contributed by atoms with Crippen molar-refractivity contribution in [1.29, 1.82) is 0 Å². The molecule has 0 amide bonds. The second kappa shape index (κ2) is 7.15. The Balaban J connectivity index is 1.46. The summed E-state index contributed by atoms with van der Waals surface area (Å²) in [5, 5.41) is 19.9. The highest BCUT2D eigenvalue weighted by Gasteiger charge is 2.34. The number of pyridine rings is 1. The van der Waals surface area contributed by atoms with Gasteiger partial charge in [-0.15, -0.1) is 0 Å². The van der Waals surface area contributed by atoms with Gasteiger partial charge in [0.05, 0.1) is 36.4 Å². The molecular weight excluding hydrogens is 420 g/mol. The molecule has 0 aliphatic carbocycles. The zero-order chi connectivity index (χ0) is 21.6. The summed E-state index contributed by atoms with van der Waals surface area (Å²) in [5.74, 6) is 0.396. The second-order valence-electron chi connectivity index (χ2n) is 7.47. The highest BCUT2D eigenvalue weighted by atomic mass is 32.2. The molecule has 1 aliphatic heterocycles. The third-order valence-electron chi connectivity index (χ3n) is 5.39. The second-order valence-corrected chi connectivity index (χ2v) is 9.16. The number of para-hydroxylation sites is 1. The van der Waals surface area contributed by atoms with Crippen LogP contribution in [0.2, 0.25) is 0 Å². The SMILES string of the molecule is Cn1ncc2cccc(NS(=O)(=O)c3cnn(-c4cc(C5(O)CCOC5)ccn4)c3)c21. The van der Waals surface area contributed by atoms with Crippen LogP contribution in [0.1, 0.15) is 12.0 Å². The number of sulfonamides is 1. The number of ether oxygens (including phenoxy) is 1. The number of hydrogen-bond donors (Lipinski definition) is 2. The monoisotopic (exact) mass is 440 g/mol. The number of aliphatic hydroxyl groups is 1. The van der Waals surface area contributed by atoms with Gasteiger partial charge in [0.2, 0.25) is 0 Å². The van der Waals surface area contributed by atoms with Gasteiger partial charge in [-0.2, -0.15) is 10.2 Å². The normalized spacial score (nSPS) is 19.2. The van der Waals surface area contributed by atoms with Crippen LogP contribution < -0.4 is 4.72 Å². The number of anilines is 1. The van der Waals surface area contributed by atoms with E-state index in [1.165, 1.54) is 17.1 Å². The predicted octanol–water partition coefficient (Wildman–Crippen LogP) is 1.56. The number of aromatic nitrogens is 5. The Hall–Kier alpha value is -3.28. The van der Waals surface area contributed by atoms with E-state index < -0.39 is 15.6 Å². The quantitative estimate of drug-likeness (QED) is 0.483. The molecule has 0 saturated carbocycles. The van der Waals surface area contributed by atoms with E-state index >= 15 is 0 Å². The molecule has 1 aliphatic rings. The van der Waals surface area contributed by atoms with Crippen LogP contribution in [0.4, 0.5) is 5.69 Å². The summed E-state index contributed by atoms with van der Waals surface area (Å²) in [4.78, 5) is 4.25. The molecule has 1 aromatic carbocycles. The van der Waals surface area contributed by atoms with Gasteiger partial charge in [0.15, 0.2) is 5.82 Å². The van der Waals surface area contributed by atoms with E-state index in [1.807, 2.05) is 6.07 Å².